The first-order valence-corrected chi connectivity index (χ1v) is 10.7. The lowest BCUT2D eigenvalue weighted by atomic mass is 9.94. The Hall–Kier alpha value is -1.80. The lowest BCUT2D eigenvalue weighted by molar-refractivity contribution is -0.140. The number of hydrogen-bond acceptors (Lipinski definition) is 4. The van der Waals surface area contributed by atoms with Gasteiger partial charge in [-0.05, 0) is 32.1 Å². The fourth-order valence-corrected chi connectivity index (χ4v) is 3.79. The molecule has 2 aliphatic rings. The Balaban J connectivity index is 1.75. The number of hydrogen-bond donors (Lipinski definition) is 1. The van der Waals surface area contributed by atoms with Crippen molar-refractivity contribution in [2.24, 2.45) is 5.41 Å². The summed E-state index contributed by atoms with van der Waals surface area (Å²) >= 11 is 0. The Morgan fingerprint density at radius 2 is 2.07 bits per heavy atom. The molecule has 5 heteroatoms. The summed E-state index contributed by atoms with van der Waals surface area (Å²) in [5, 5.41) is 10.6. The number of rotatable bonds is 11. The van der Waals surface area contributed by atoms with Crippen LogP contribution in [0.5, 0.6) is 0 Å². The quantitative estimate of drug-likeness (QED) is 0.254. The first-order valence-electron chi connectivity index (χ1n) is 10.7. The summed E-state index contributed by atoms with van der Waals surface area (Å²) in [5.41, 5.74) is -0.0637. The number of nitrogens with zero attached hydrogens (tertiary/aromatic N) is 1. The van der Waals surface area contributed by atoms with Gasteiger partial charge in [0, 0.05) is 37.6 Å². The van der Waals surface area contributed by atoms with Crippen molar-refractivity contribution in [3.8, 4) is 11.8 Å². The zero-order valence-electron chi connectivity index (χ0n) is 17.4. The van der Waals surface area contributed by atoms with Crippen LogP contribution in [0, 0.1) is 17.3 Å². The summed E-state index contributed by atoms with van der Waals surface area (Å²) in [6, 6.07) is 0.0924. The number of amides is 1. The maximum absolute atomic E-state index is 12.2. The summed E-state index contributed by atoms with van der Waals surface area (Å²) in [4.78, 5) is 25.3. The van der Waals surface area contributed by atoms with Crippen LogP contribution in [0.25, 0.3) is 0 Å². The van der Waals surface area contributed by atoms with Gasteiger partial charge in [0.25, 0.3) is 0 Å². The number of methoxy groups -OCH3 is 1. The third-order valence-corrected chi connectivity index (χ3v) is 5.91. The van der Waals surface area contributed by atoms with Gasteiger partial charge in [0.2, 0.25) is 5.91 Å². The van der Waals surface area contributed by atoms with Crippen molar-refractivity contribution in [1.82, 2.24) is 4.90 Å². The monoisotopic (exact) mass is 389 g/mol. The Morgan fingerprint density at radius 1 is 1.32 bits per heavy atom. The van der Waals surface area contributed by atoms with Gasteiger partial charge in [-0.25, -0.2) is 0 Å². The zero-order valence-corrected chi connectivity index (χ0v) is 17.4. The van der Waals surface area contributed by atoms with Gasteiger partial charge in [0.1, 0.15) is 0 Å². The van der Waals surface area contributed by atoms with E-state index in [9.17, 15) is 14.7 Å². The Labute approximate surface area is 169 Å². The van der Waals surface area contributed by atoms with Crippen molar-refractivity contribution in [3.05, 3.63) is 12.2 Å². The summed E-state index contributed by atoms with van der Waals surface area (Å²) in [5.74, 6) is 6.32. The third kappa shape index (κ3) is 6.67. The smallest absolute Gasteiger partial charge is 0.305 e. The number of likely N-dealkylation sites (tertiary alicyclic amines) is 1. The highest BCUT2D eigenvalue weighted by molar-refractivity contribution is 5.79. The Kier molecular flexibility index (Phi) is 9.05. The van der Waals surface area contributed by atoms with Crippen molar-refractivity contribution in [1.29, 1.82) is 0 Å². The molecule has 0 unspecified atom stereocenters. The van der Waals surface area contributed by atoms with Crippen LogP contribution >= 0.6 is 0 Å². The molecule has 1 amide bonds. The van der Waals surface area contributed by atoms with E-state index in [0.717, 1.165) is 64.3 Å². The molecule has 5 nitrogen and oxygen atoms in total. The average molecular weight is 390 g/mol. The molecule has 1 aliphatic heterocycles. The van der Waals surface area contributed by atoms with Gasteiger partial charge in [0.15, 0.2) is 0 Å². The molecule has 0 radical (unpaired) electrons. The number of carbonyl (C=O) groups excluding carboxylic acids is 2. The highest BCUT2D eigenvalue weighted by Crippen LogP contribution is 2.52. The summed E-state index contributed by atoms with van der Waals surface area (Å²) in [7, 11) is 1.41. The molecule has 1 heterocycles. The van der Waals surface area contributed by atoms with Crippen molar-refractivity contribution in [2.45, 2.75) is 89.7 Å². The predicted octanol–water partition coefficient (Wildman–Crippen LogP) is 3.60. The van der Waals surface area contributed by atoms with Crippen LogP contribution in [0.2, 0.25) is 0 Å². The van der Waals surface area contributed by atoms with E-state index in [1.807, 2.05) is 24.0 Å². The molecule has 0 bridgehead atoms. The highest BCUT2D eigenvalue weighted by Gasteiger charge is 2.47. The predicted molar refractivity (Wildman–Crippen MR) is 109 cm³/mol. The number of esters is 1. The maximum atomic E-state index is 12.2. The largest absolute Gasteiger partial charge is 0.469 e. The number of carbonyl (C=O) groups is 2. The van der Waals surface area contributed by atoms with Crippen LogP contribution in [0.1, 0.15) is 77.6 Å². The Bertz CT molecular complexity index is 612. The summed E-state index contributed by atoms with van der Waals surface area (Å²) in [6.07, 6.45) is 12.7. The lowest BCUT2D eigenvalue weighted by Gasteiger charge is -2.23. The molecule has 1 aliphatic carbocycles. The normalized spacial score (nSPS) is 21.5. The second kappa shape index (κ2) is 11.3. The van der Waals surface area contributed by atoms with E-state index in [1.54, 1.807) is 0 Å². The number of ether oxygens (including phenoxy) is 1. The van der Waals surface area contributed by atoms with Crippen molar-refractivity contribution >= 4 is 11.9 Å². The van der Waals surface area contributed by atoms with E-state index in [0.29, 0.717) is 12.8 Å². The van der Waals surface area contributed by atoms with Gasteiger partial charge >= 0.3 is 5.97 Å². The van der Waals surface area contributed by atoms with E-state index in [4.69, 9.17) is 0 Å². The molecule has 156 valence electrons. The van der Waals surface area contributed by atoms with Gasteiger partial charge in [0.05, 0.1) is 19.3 Å². The van der Waals surface area contributed by atoms with Crippen molar-refractivity contribution in [2.75, 3.05) is 13.7 Å². The second-order valence-electron chi connectivity index (χ2n) is 8.01. The van der Waals surface area contributed by atoms with E-state index >= 15 is 0 Å². The highest BCUT2D eigenvalue weighted by atomic mass is 16.5. The van der Waals surface area contributed by atoms with E-state index < -0.39 is 6.10 Å². The molecular formula is C23H35NO4. The van der Waals surface area contributed by atoms with Crippen LogP contribution in [0.15, 0.2) is 12.2 Å². The van der Waals surface area contributed by atoms with E-state index in [1.165, 1.54) is 7.11 Å². The van der Waals surface area contributed by atoms with Gasteiger partial charge in [-0.2, -0.15) is 0 Å². The molecular weight excluding hydrogens is 354 g/mol. The molecule has 1 N–H and O–H groups in total. The lowest BCUT2D eigenvalue weighted by Crippen LogP contribution is -2.33. The average Bonchev–Trinajstić information content (AvgIpc) is 3.41. The van der Waals surface area contributed by atoms with E-state index in [2.05, 4.69) is 16.6 Å². The first-order chi connectivity index (χ1) is 13.5. The van der Waals surface area contributed by atoms with Gasteiger partial charge in [-0.15, -0.1) is 11.8 Å². The van der Waals surface area contributed by atoms with Crippen molar-refractivity contribution in [3.63, 3.8) is 0 Å². The van der Waals surface area contributed by atoms with Crippen LogP contribution in [-0.4, -0.2) is 47.7 Å². The summed E-state index contributed by atoms with van der Waals surface area (Å²) in [6.45, 7) is 2.78. The molecule has 0 spiro atoms. The second-order valence-corrected chi connectivity index (χ2v) is 8.01. The molecule has 28 heavy (non-hydrogen) atoms. The fraction of sp³-hybridized carbons (Fsp3) is 0.739. The Morgan fingerprint density at radius 3 is 2.75 bits per heavy atom. The fourth-order valence-electron chi connectivity index (χ4n) is 3.79. The summed E-state index contributed by atoms with van der Waals surface area (Å²) < 4.78 is 4.64. The number of unbranched alkanes of at least 4 members (excludes halogenated alkanes) is 3. The number of aliphatic hydroxyl groups is 1. The number of aliphatic hydroxyl groups excluding tert-OH is 1. The van der Waals surface area contributed by atoms with Gasteiger partial charge < -0.3 is 14.7 Å². The molecule has 2 fully saturated rings. The van der Waals surface area contributed by atoms with Crippen LogP contribution in [0.3, 0.4) is 0 Å². The molecule has 2 rings (SSSR count). The van der Waals surface area contributed by atoms with Crippen LogP contribution in [-0.2, 0) is 14.3 Å². The SMILES string of the molecule is CCC#CCC1([C@H](O)/C=C/[C@H]2CCC(=O)N2CCCCCCC(=O)OC)CC1. The van der Waals surface area contributed by atoms with Gasteiger partial charge in [-0.1, -0.05) is 31.9 Å². The third-order valence-electron chi connectivity index (χ3n) is 5.91. The topological polar surface area (TPSA) is 66.8 Å². The maximum Gasteiger partial charge on any atom is 0.305 e. The van der Waals surface area contributed by atoms with Crippen molar-refractivity contribution < 1.29 is 19.4 Å². The molecule has 1 saturated carbocycles. The van der Waals surface area contributed by atoms with Crippen LogP contribution in [0.4, 0.5) is 0 Å². The minimum Gasteiger partial charge on any atom is -0.469 e. The molecule has 0 aromatic rings. The zero-order chi connectivity index (χ0) is 20.4. The minimum absolute atomic E-state index is 0.0637. The van der Waals surface area contributed by atoms with E-state index in [-0.39, 0.29) is 23.3 Å². The van der Waals surface area contributed by atoms with Gasteiger partial charge in [-0.3, -0.25) is 9.59 Å². The molecule has 0 aromatic carbocycles. The first kappa shape index (κ1) is 22.5. The standard InChI is InChI=1S/C23H35NO4/c1-3-4-8-15-23(16-17-23)20(25)13-11-19-12-14-21(26)24(19)18-9-6-5-7-10-22(27)28-2/h11,13,19-20,25H,3,5-7,9-10,12,14-18H2,1-2H3/b13-11+/t19-,20+/m0/s1. The van der Waals surface area contributed by atoms with Crippen LogP contribution < -0.4 is 0 Å². The molecule has 1 saturated heterocycles. The molecule has 0 aromatic heterocycles. The molecule has 2 atom stereocenters. The minimum atomic E-state index is -0.477.